The van der Waals surface area contributed by atoms with Gasteiger partial charge in [-0.2, -0.15) is 4.31 Å². The molecule has 0 bridgehead atoms. The monoisotopic (exact) mass is 355 g/mol. The first kappa shape index (κ1) is 20.1. The summed E-state index contributed by atoms with van der Waals surface area (Å²) in [6.07, 6.45) is 0.736. The zero-order chi connectivity index (χ0) is 18.5. The standard InChI is InChI=1S/C16H25N3O4S/c1-6-16(3,4)18-15(21)11-19(5)24(22,23)14-9-7-13(8-10-14)17-12(2)20/h7-10H,6,11H2,1-5H3,(H,17,20)(H,18,21). The molecule has 0 unspecified atom stereocenters. The van der Waals surface area contributed by atoms with Crippen molar-refractivity contribution in [3.8, 4) is 0 Å². The van der Waals surface area contributed by atoms with E-state index in [4.69, 9.17) is 0 Å². The lowest BCUT2D eigenvalue weighted by molar-refractivity contribution is -0.122. The lowest BCUT2D eigenvalue weighted by Crippen LogP contribution is -2.47. The third kappa shape index (κ3) is 5.61. The summed E-state index contributed by atoms with van der Waals surface area (Å²) in [6, 6.07) is 5.79. The van der Waals surface area contributed by atoms with Crippen LogP contribution < -0.4 is 10.6 Å². The van der Waals surface area contributed by atoms with Crippen molar-refractivity contribution in [2.24, 2.45) is 0 Å². The molecule has 0 spiro atoms. The second-order valence-corrected chi connectivity index (χ2v) is 8.30. The summed E-state index contributed by atoms with van der Waals surface area (Å²) in [5.41, 5.74) is 0.119. The molecule has 1 aromatic rings. The van der Waals surface area contributed by atoms with Gasteiger partial charge in [0.2, 0.25) is 21.8 Å². The van der Waals surface area contributed by atoms with Crippen LogP contribution in [0, 0.1) is 0 Å². The van der Waals surface area contributed by atoms with E-state index in [1.165, 1.54) is 38.2 Å². The van der Waals surface area contributed by atoms with E-state index in [9.17, 15) is 18.0 Å². The molecule has 0 heterocycles. The topological polar surface area (TPSA) is 95.6 Å². The maximum Gasteiger partial charge on any atom is 0.243 e. The van der Waals surface area contributed by atoms with Crippen molar-refractivity contribution in [2.45, 2.75) is 44.6 Å². The highest BCUT2D eigenvalue weighted by Crippen LogP contribution is 2.17. The number of benzene rings is 1. The Hall–Kier alpha value is -1.93. The van der Waals surface area contributed by atoms with Gasteiger partial charge >= 0.3 is 0 Å². The van der Waals surface area contributed by atoms with E-state index in [0.29, 0.717) is 5.69 Å². The van der Waals surface area contributed by atoms with Crippen LogP contribution in [-0.4, -0.2) is 43.7 Å². The number of carbonyl (C=O) groups is 2. The van der Waals surface area contributed by atoms with Crippen molar-refractivity contribution < 1.29 is 18.0 Å². The van der Waals surface area contributed by atoms with E-state index in [2.05, 4.69) is 10.6 Å². The van der Waals surface area contributed by atoms with Gasteiger partial charge in [0.25, 0.3) is 0 Å². The van der Waals surface area contributed by atoms with E-state index in [0.717, 1.165) is 10.7 Å². The molecular weight excluding hydrogens is 330 g/mol. The number of nitrogens with zero attached hydrogens (tertiary/aromatic N) is 1. The average molecular weight is 355 g/mol. The fraction of sp³-hybridized carbons (Fsp3) is 0.500. The van der Waals surface area contributed by atoms with Crippen LogP contribution in [0.15, 0.2) is 29.2 Å². The molecule has 1 aromatic carbocycles. The number of anilines is 1. The Morgan fingerprint density at radius 2 is 1.71 bits per heavy atom. The zero-order valence-electron chi connectivity index (χ0n) is 14.7. The van der Waals surface area contributed by atoms with Crippen molar-refractivity contribution in [2.75, 3.05) is 18.9 Å². The third-order valence-electron chi connectivity index (χ3n) is 3.61. The molecule has 0 aliphatic carbocycles. The first-order valence-corrected chi connectivity index (χ1v) is 9.07. The van der Waals surface area contributed by atoms with Crippen LogP contribution in [0.25, 0.3) is 0 Å². The van der Waals surface area contributed by atoms with Crippen LogP contribution in [0.5, 0.6) is 0 Å². The van der Waals surface area contributed by atoms with Gasteiger partial charge < -0.3 is 10.6 Å². The molecule has 2 amide bonds. The van der Waals surface area contributed by atoms with Gasteiger partial charge in [-0.1, -0.05) is 6.92 Å². The van der Waals surface area contributed by atoms with Gasteiger partial charge in [0.15, 0.2) is 0 Å². The Kier molecular flexibility index (Phi) is 6.50. The van der Waals surface area contributed by atoms with Gasteiger partial charge in [0.05, 0.1) is 11.4 Å². The lowest BCUT2D eigenvalue weighted by atomic mass is 10.0. The van der Waals surface area contributed by atoms with E-state index in [-0.39, 0.29) is 28.8 Å². The number of nitrogens with one attached hydrogen (secondary N) is 2. The number of hydrogen-bond acceptors (Lipinski definition) is 4. The van der Waals surface area contributed by atoms with Crippen LogP contribution in [0.3, 0.4) is 0 Å². The van der Waals surface area contributed by atoms with Crippen LogP contribution in [-0.2, 0) is 19.6 Å². The van der Waals surface area contributed by atoms with Crippen molar-refractivity contribution in [3.63, 3.8) is 0 Å². The lowest BCUT2D eigenvalue weighted by Gasteiger charge is -2.26. The summed E-state index contributed by atoms with van der Waals surface area (Å²) in [5.74, 6) is -0.597. The molecule has 0 aliphatic heterocycles. The molecule has 0 fully saturated rings. The Morgan fingerprint density at radius 3 is 2.17 bits per heavy atom. The fourth-order valence-corrected chi connectivity index (χ4v) is 3.01. The number of amides is 2. The Bertz CT molecular complexity index is 697. The molecule has 0 saturated carbocycles. The van der Waals surface area contributed by atoms with E-state index in [1.807, 2.05) is 20.8 Å². The molecule has 7 nitrogen and oxygen atoms in total. The summed E-state index contributed by atoms with van der Waals surface area (Å²) in [5, 5.41) is 5.36. The Balaban J connectivity index is 2.83. The summed E-state index contributed by atoms with van der Waals surface area (Å²) in [7, 11) is -2.43. The van der Waals surface area contributed by atoms with Gasteiger partial charge in [-0.25, -0.2) is 8.42 Å². The van der Waals surface area contributed by atoms with Gasteiger partial charge in [-0.3, -0.25) is 9.59 Å². The number of sulfonamides is 1. The number of hydrogen-bond donors (Lipinski definition) is 2. The highest BCUT2D eigenvalue weighted by molar-refractivity contribution is 7.89. The second kappa shape index (κ2) is 7.76. The first-order chi connectivity index (χ1) is 11.0. The SMILES string of the molecule is CCC(C)(C)NC(=O)CN(C)S(=O)(=O)c1ccc(NC(C)=O)cc1. The van der Waals surface area contributed by atoms with Crippen LogP contribution >= 0.6 is 0 Å². The van der Waals surface area contributed by atoms with E-state index in [1.54, 1.807) is 0 Å². The number of rotatable bonds is 7. The summed E-state index contributed by atoms with van der Waals surface area (Å²) in [4.78, 5) is 23.1. The molecule has 0 saturated heterocycles. The molecule has 0 aliphatic rings. The van der Waals surface area contributed by atoms with Crippen molar-refractivity contribution in [1.82, 2.24) is 9.62 Å². The molecule has 24 heavy (non-hydrogen) atoms. The Morgan fingerprint density at radius 1 is 1.17 bits per heavy atom. The maximum atomic E-state index is 12.5. The fourth-order valence-electron chi connectivity index (χ4n) is 1.89. The number of carbonyl (C=O) groups excluding carboxylic acids is 2. The smallest absolute Gasteiger partial charge is 0.243 e. The summed E-state index contributed by atoms with van der Waals surface area (Å²) >= 11 is 0. The van der Waals surface area contributed by atoms with Gasteiger partial charge in [0, 0.05) is 25.2 Å². The molecule has 2 N–H and O–H groups in total. The van der Waals surface area contributed by atoms with Crippen LogP contribution in [0.1, 0.15) is 34.1 Å². The minimum Gasteiger partial charge on any atom is -0.350 e. The molecular formula is C16H25N3O4S. The van der Waals surface area contributed by atoms with Gasteiger partial charge in [0.1, 0.15) is 0 Å². The largest absolute Gasteiger partial charge is 0.350 e. The quantitative estimate of drug-likeness (QED) is 0.776. The highest BCUT2D eigenvalue weighted by Gasteiger charge is 2.25. The average Bonchev–Trinajstić information content (AvgIpc) is 2.46. The van der Waals surface area contributed by atoms with Crippen molar-refractivity contribution >= 4 is 27.5 Å². The predicted molar refractivity (Wildman–Crippen MR) is 93.1 cm³/mol. The van der Waals surface area contributed by atoms with Crippen LogP contribution in [0.4, 0.5) is 5.69 Å². The number of likely N-dealkylation sites (N-methyl/N-ethyl adjacent to an activating group) is 1. The predicted octanol–water partition coefficient (Wildman–Crippen LogP) is 1.57. The minimum absolute atomic E-state index is 0.0571. The molecule has 0 aromatic heterocycles. The molecule has 0 atom stereocenters. The first-order valence-electron chi connectivity index (χ1n) is 7.63. The minimum atomic E-state index is -3.78. The summed E-state index contributed by atoms with van der Waals surface area (Å²) < 4.78 is 26.0. The normalized spacial score (nSPS) is 12.1. The molecule has 1 rings (SSSR count). The maximum absolute atomic E-state index is 12.5. The van der Waals surface area contributed by atoms with E-state index < -0.39 is 10.0 Å². The van der Waals surface area contributed by atoms with Crippen molar-refractivity contribution in [1.29, 1.82) is 0 Å². The Labute approximate surface area is 143 Å². The van der Waals surface area contributed by atoms with Crippen molar-refractivity contribution in [3.05, 3.63) is 24.3 Å². The summed E-state index contributed by atoms with van der Waals surface area (Å²) in [6.45, 7) is 6.80. The van der Waals surface area contributed by atoms with Crippen LogP contribution in [0.2, 0.25) is 0 Å². The zero-order valence-corrected chi connectivity index (χ0v) is 15.5. The third-order valence-corrected chi connectivity index (χ3v) is 5.43. The van der Waals surface area contributed by atoms with E-state index >= 15 is 0 Å². The highest BCUT2D eigenvalue weighted by atomic mass is 32.2. The van der Waals surface area contributed by atoms with Gasteiger partial charge in [-0.15, -0.1) is 0 Å². The second-order valence-electron chi connectivity index (χ2n) is 6.25. The molecule has 8 heteroatoms. The molecule has 0 radical (unpaired) electrons. The van der Waals surface area contributed by atoms with Gasteiger partial charge in [-0.05, 0) is 44.5 Å². The molecule has 134 valence electrons.